The highest BCUT2D eigenvalue weighted by Crippen LogP contribution is 2.44. The first kappa shape index (κ1) is 14.1. The summed E-state index contributed by atoms with van der Waals surface area (Å²) in [6.07, 6.45) is 0.626. The zero-order valence-electron chi connectivity index (χ0n) is 11.3. The summed E-state index contributed by atoms with van der Waals surface area (Å²) in [5, 5.41) is 9.60. The maximum absolute atomic E-state index is 11.2. The van der Waals surface area contributed by atoms with E-state index in [1.165, 1.54) is 0 Å². The van der Waals surface area contributed by atoms with Gasteiger partial charge in [0, 0.05) is 30.3 Å². The molecule has 1 aliphatic rings. The fourth-order valence-corrected chi connectivity index (χ4v) is 3.55. The minimum atomic E-state index is -4.03. The number of benzene rings is 1. The molecule has 0 saturated heterocycles. The molecule has 106 valence electrons. The molecule has 0 aromatic heterocycles. The Labute approximate surface area is 113 Å². The summed E-state index contributed by atoms with van der Waals surface area (Å²) in [5.41, 5.74) is 1.41. The lowest BCUT2D eigenvalue weighted by Crippen LogP contribution is -2.47. The summed E-state index contributed by atoms with van der Waals surface area (Å²) in [5.74, 6) is -0.409. The molecule has 1 aliphatic heterocycles. The number of hydrogen-bond donors (Lipinski definition) is 2. The smallest absolute Gasteiger partial charge is 0.265 e. The molecule has 0 saturated carbocycles. The predicted molar refractivity (Wildman–Crippen MR) is 74.4 cm³/mol. The van der Waals surface area contributed by atoms with Gasteiger partial charge in [-0.3, -0.25) is 4.55 Å². The molecule has 1 aromatic rings. The Balaban J connectivity index is 2.52. The van der Waals surface area contributed by atoms with E-state index in [9.17, 15) is 13.5 Å². The maximum Gasteiger partial charge on any atom is 0.265 e. The van der Waals surface area contributed by atoms with Gasteiger partial charge in [0.2, 0.25) is 0 Å². The highest BCUT2D eigenvalue weighted by atomic mass is 32.2. The standard InChI is InChI=1S/C13H19NO4S/c1-13(2)7-9(8-19(16,17)18)11-5-4-10(15)6-12(11)14(13)3/h4-6,9,15H,7-8H2,1-3H3,(H,16,17,18). The van der Waals surface area contributed by atoms with E-state index in [0.717, 1.165) is 11.3 Å². The van der Waals surface area contributed by atoms with E-state index in [2.05, 4.69) is 0 Å². The number of nitrogens with zero attached hydrogens (tertiary/aromatic N) is 1. The minimum absolute atomic E-state index is 0.147. The van der Waals surface area contributed by atoms with Gasteiger partial charge in [-0.15, -0.1) is 0 Å². The zero-order chi connectivity index (χ0) is 14.4. The number of phenolic OH excluding ortho intramolecular Hbond substituents is 1. The van der Waals surface area contributed by atoms with Crippen molar-refractivity contribution in [3.63, 3.8) is 0 Å². The van der Waals surface area contributed by atoms with Crippen LogP contribution in [0.25, 0.3) is 0 Å². The average Bonchev–Trinajstić information content (AvgIpc) is 2.23. The van der Waals surface area contributed by atoms with Gasteiger partial charge in [0.25, 0.3) is 10.1 Å². The van der Waals surface area contributed by atoms with Crippen molar-refractivity contribution in [2.24, 2.45) is 0 Å². The average molecular weight is 285 g/mol. The van der Waals surface area contributed by atoms with Gasteiger partial charge in [-0.05, 0) is 31.9 Å². The lowest BCUT2D eigenvalue weighted by Gasteiger charge is -2.46. The molecule has 1 unspecified atom stereocenters. The summed E-state index contributed by atoms with van der Waals surface area (Å²) in [4.78, 5) is 2.03. The third-order valence-electron chi connectivity index (χ3n) is 3.88. The molecule has 6 heteroatoms. The molecule has 19 heavy (non-hydrogen) atoms. The van der Waals surface area contributed by atoms with Crippen LogP contribution < -0.4 is 4.90 Å². The quantitative estimate of drug-likeness (QED) is 0.812. The second-order valence-corrected chi connectivity index (χ2v) is 7.26. The minimum Gasteiger partial charge on any atom is -0.508 e. The number of phenols is 1. The molecule has 2 rings (SSSR count). The number of rotatable bonds is 2. The number of anilines is 1. The van der Waals surface area contributed by atoms with Gasteiger partial charge in [-0.2, -0.15) is 8.42 Å². The first-order chi connectivity index (χ1) is 8.60. The third-order valence-corrected chi connectivity index (χ3v) is 4.70. The van der Waals surface area contributed by atoms with E-state index in [1.54, 1.807) is 18.2 Å². The van der Waals surface area contributed by atoms with Gasteiger partial charge < -0.3 is 10.0 Å². The first-order valence-corrected chi connectivity index (χ1v) is 7.73. The lowest BCUT2D eigenvalue weighted by molar-refractivity contribution is 0.387. The number of hydrogen-bond acceptors (Lipinski definition) is 4. The van der Waals surface area contributed by atoms with Crippen LogP contribution in [0.1, 0.15) is 31.7 Å². The Hall–Kier alpha value is -1.27. The molecule has 1 heterocycles. The van der Waals surface area contributed by atoms with Gasteiger partial charge in [-0.1, -0.05) is 6.07 Å². The van der Waals surface area contributed by atoms with Crippen LogP contribution in [0.5, 0.6) is 5.75 Å². The summed E-state index contributed by atoms with van der Waals surface area (Å²) in [6, 6.07) is 4.90. The van der Waals surface area contributed by atoms with Crippen LogP contribution in [0, 0.1) is 0 Å². The van der Waals surface area contributed by atoms with Gasteiger partial charge in [0.05, 0.1) is 5.75 Å². The Morgan fingerprint density at radius 2 is 2.05 bits per heavy atom. The summed E-state index contributed by atoms with van der Waals surface area (Å²) in [6.45, 7) is 4.02. The second-order valence-electron chi connectivity index (χ2n) is 5.76. The molecular formula is C13H19NO4S. The number of aromatic hydroxyl groups is 1. The van der Waals surface area contributed by atoms with Crippen molar-refractivity contribution in [1.82, 2.24) is 0 Å². The molecule has 0 aliphatic carbocycles. The molecule has 1 aromatic carbocycles. The van der Waals surface area contributed by atoms with Crippen molar-refractivity contribution in [3.8, 4) is 5.75 Å². The fraction of sp³-hybridized carbons (Fsp3) is 0.538. The summed E-state index contributed by atoms with van der Waals surface area (Å²) >= 11 is 0. The topological polar surface area (TPSA) is 77.8 Å². The Morgan fingerprint density at radius 3 is 2.63 bits per heavy atom. The molecular weight excluding hydrogens is 266 g/mol. The highest BCUT2D eigenvalue weighted by Gasteiger charge is 2.37. The van der Waals surface area contributed by atoms with Crippen LogP contribution in [-0.2, 0) is 10.1 Å². The Kier molecular flexibility index (Phi) is 3.26. The van der Waals surface area contributed by atoms with Crippen LogP contribution in [0.15, 0.2) is 18.2 Å². The van der Waals surface area contributed by atoms with Crippen molar-refractivity contribution in [2.75, 3.05) is 17.7 Å². The molecule has 5 nitrogen and oxygen atoms in total. The van der Waals surface area contributed by atoms with Crippen LogP contribution in [0.2, 0.25) is 0 Å². The van der Waals surface area contributed by atoms with E-state index in [1.807, 2.05) is 25.8 Å². The van der Waals surface area contributed by atoms with E-state index in [4.69, 9.17) is 4.55 Å². The van der Waals surface area contributed by atoms with Gasteiger partial charge >= 0.3 is 0 Å². The molecule has 2 N–H and O–H groups in total. The molecule has 0 bridgehead atoms. The van der Waals surface area contributed by atoms with Crippen LogP contribution in [0.3, 0.4) is 0 Å². The number of fused-ring (bicyclic) bond motifs is 1. The van der Waals surface area contributed by atoms with E-state index in [0.29, 0.717) is 6.42 Å². The Morgan fingerprint density at radius 1 is 1.42 bits per heavy atom. The third kappa shape index (κ3) is 2.84. The molecule has 1 atom stereocenters. The van der Waals surface area contributed by atoms with Crippen molar-refractivity contribution in [1.29, 1.82) is 0 Å². The van der Waals surface area contributed by atoms with Crippen molar-refractivity contribution >= 4 is 15.8 Å². The van der Waals surface area contributed by atoms with Crippen LogP contribution >= 0.6 is 0 Å². The largest absolute Gasteiger partial charge is 0.508 e. The zero-order valence-corrected chi connectivity index (χ0v) is 12.1. The monoisotopic (exact) mass is 285 g/mol. The van der Waals surface area contributed by atoms with E-state index >= 15 is 0 Å². The second kappa shape index (κ2) is 4.38. The SMILES string of the molecule is CN1c2cc(O)ccc2C(CS(=O)(=O)O)CC1(C)C. The Bertz CT molecular complexity index is 595. The van der Waals surface area contributed by atoms with E-state index < -0.39 is 10.1 Å². The van der Waals surface area contributed by atoms with Gasteiger partial charge in [0.15, 0.2) is 0 Å². The summed E-state index contributed by atoms with van der Waals surface area (Å²) in [7, 11) is -2.11. The van der Waals surface area contributed by atoms with Crippen molar-refractivity contribution in [2.45, 2.75) is 31.7 Å². The highest BCUT2D eigenvalue weighted by molar-refractivity contribution is 7.85. The van der Waals surface area contributed by atoms with E-state index in [-0.39, 0.29) is 23.0 Å². The first-order valence-electron chi connectivity index (χ1n) is 6.12. The summed E-state index contributed by atoms with van der Waals surface area (Å²) < 4.78 is 31.4. The van der Waals surface area contributed by atoms with Gasteiger partial charge in [0.1, 0.15) is 5.75 Å². The lowest BCUT2D eigenvalue weighted by atomic mass is 9.80. The maximum atomic E-state index is 11.2. The molecule has 0 amide bonds. The van der Waals surface area contributed by atoms with Crippen LogP contribution in [-0.4, -0.2) is 36.4 Å². The molecule has 0 spiro atoms. The normalized spacial score (nSPS) is 22.1. The van der Waals surface area contributed by atoms with Crippen LogP contribution in [0.4, 0.5) is 5.69 Å². The fourth-order valence-electron chi connectivity index (χ4n) is 2.75. The molecule has 0 radical (unpaired) electrons. The predicted octanol–water partition coefficient (Wildman–Crippen LogP) is 1.98. The molecule has 0 fully saturated rings. The van der Waals surface area contributed by atoms with Crippen molar-refractivity contribution < 1.29 is 18.1 Å². The van der Waals surface area contributed by atoms with Gasteiger partial charge in [-0.25, -0.2) is 0 Å². The van der Waals surface area contributed by atoms with Crippen molar-refractivity contribution in [3.05, 3.63) is 23.8 Å².